The first-order chi connectivity index (χ1) is 6.70. The third-order valence-corrected chi connectivity index (χ3v) is 1.78. The average molecular weight is 194 g/mol. The van der Waals surface area contributed by atoms with E-state index < -0.39 is 5.97 Å². The van der Waals surface area contributed by atoms with Crippen molar-refractivity contribution in [3.05, 3.63) is 17.7 Å². The van der Waals surface area contributed by atoms with Gasteiger partial charge in [0.05, 0.1) is 6.61 Å². The fourth-order valence-corrected chi connectivity index (χ4v) is 1.24. The van der Waals surface area contributed by atoms with Crippen LogP contribution in [-0.4, -0.2) is 22.5 Å². The maximum Gasteiger partial charge on any atom is 0.354 e. The van der Waals surface area contributed by atoms with Gasteiger partial charge in [-0.1, -0.05) is 0 Å². The number of aromatic nitrogens is 2. The van der Waals surface area contributed by atoms with Gasteiger partial charge in [-0.3, -0.25) is 0 Å². The first-order valence-corrected chi connectivity index (χ1v) is 4.34. The fraction of sp³-hybridized carbons (Fsp3) is 0.333. The second kappa shape index (κ2) is 3.17. The number of hydrogen-bond donors (Lipinski definition) is 1. The summed E-state index contributed by atoms with van der Waals surface area (Å²) in [5.41, 5.74) is 1.52. The highest BCUT2D eigenvalue weighted by atomic mass is 16.5. The molecule has 2 heterocycles. The Hall–Kier alpha value is -1.78. The molecule has 5 heteroatoms. The van der Waals surface area contributed by atoms with Crippen LogP contribution in [0.5, 0.6) is 0 Å². The van der Waals surface area contributed by atoms with Crippen LogP contribution >= 0.6 is 0 Å². The molecule has 0 aliphatic heterocycles. The zero-order valence-corrected chi connectivity index (χ0v) is 7.96. The third kappa shape index (κ3) is 1.37. The number of fused-ring (bicyclic) bond motifs is 1. The van der Waals surface area contributed by atoms with Crippen molar-refractivity contribution in [2.45, 2.75) is 13.8 Å². The minimum atomic E-state index is -0.390. The molecule has 0 spiro atoms. The van der Waals surface area contributed by atoms with Gasteiger partial charge < -0.3 is 14.1 Å². The van der Waals surface area contributed by atoms with Crippen molar-refractivity contribution in [1.82, 2.24) is 9.97 Å². The number of rotatable bonds is 2. The lowest BCUT2D eigenvalue weighted by atomic mass is 10.4. The lowest BCUT2D eigenvalue weighted by Gasteiger charge is -1.96. The molecule has 0 aliphatic rings. The number of carbonyl (C=O) groups excluding carboxylic acids is 1. The second-order valence-electron chi connectivity index (χ2n) is 2.85. The van der Waals surface area contributed by atoms with Gasteiger partial charge in [-0.05, 0) is 6.92 Å². The molecule has 0 fully saturated rings. The van der Waals surface area contributed by atoms with Crippen LogP contribution in [0.4, 0.5) is 0 Å². The smallest absolute Gasteiger partial charge is 0.354 e. The molecule has 1 N–H and O–H groups in total. The number of aromatic amines is 1. The van der Waals surface area contributed by atoms with E-state index >= 15 is 0 Å². The summed E-state index contributed by atoms with van der Waals surface area (Å²) in [6, 6.07) is 1.59. The maximum atomic E-state index is 11.3. The average Bonchev–Trinajstić information content (AvgIpc) is 2.61. The molecular weight excluding hydrogens is 184 g/mol. The Labute approximate surface area is 80.1 Å². The summed E-state index contributed by atoms with van der Waals surface area (Å²) >= 11 is 0. The molecule has 0 aromatic carbocycles. The predicted molar refractivity (Wildman–Crippen MR) is 49.1 cm³/mol. The summed E-state index contributed by atoms with van der Waals surface area (Å²) in [5.74, 6) is 0.181. The summed E-state index contributed by atoms with van der Waals surface area (Å²) in [6.45, 7) is 3.86. The Kier molecular flexibility index (Phi) is 1.99. The van der Waals surface area contributed by atoms with Crippen molar-refractivity contribution in [3.63, 3.8) is 0 Å². The number of aryl methyl sites for hydroxylation is 1. The number of hydrogen-bond acceptors (Lipinski definition) is 4. The zero-order chi connectivity index (χ0) is 10.1. The Morgan fingerprint density at radius 1 is 1.71 bits per heavy atom. The molecule has 0 saturated carbocycles. The van der Waals surface area contributed by atoms with E-state index in [0.717, 1.165) is 0 Å². The molecule has 0 saturated heterocycles. The summed E-state index contributed by atoms with van der Waals surface area (Å²) in [4.78, 5) is 18.1. The van der Waals surface area contributed by atoms with Crippen LogP contribution in [0.3, 0.4) is 0 Å². The summed E-state index contributed by atoms with van der Waals surface area (Å²) < 4.78 is 10.0. The van der Waals surface area contributed by atoms with Crippen molar-refractivity contribution < 1.29 is 13.9 Å². The van der Waals surface area contributed by atoms with Gasteiger partial charge in [0.2, 0.25) is 0 Å². The lowest BCUT2D eigenvalue weighted by Crippen LogP contribution is -2.04. The number of carbonyl (C=O) groups is 1. The van der Waals surface area contributed by atoms with E-state index in [1.165, 1.54) is 0 Å². The molecular formula is C9H10N2O3. The van der Waals surface area contributed by atoms with Crippen LogP contribution in [0.15, 0.2) is 10.5 Å². The molecule has 2 aromatic rings. The lowest BCUT2D eigenvalue weighted by molar-refractivity contribution is 0.0520. The Morgan fingerprint density at radius 3 is 3.14 bits per heavy atom. The molecule has 0 radical (unpaired) electrons. The number of ether oxygens (including phenoxy) is 1. The normalized spacial score (nSPS) is 10.7. The monoisotopic (exact) mass is 194 g/mol. The molecule has 5 nitrogen and oxygen atoms in total. The van der Waals surface area contributed by atoms with Crippen LogP contribution in [0, 0.1) is 6.92 Å². The fourth-order valence-electron chi connectivity index (χ4n) is 1.24. The number of nitrogens with zero attached hydrogens (tertiary/aromatic N) is 1. The van der Waals surface area contributed by atoms with E-state index in [1.54, 1.807) is 19.9 Å². The minimum Gasteiger partial charge on any atom is -0.461 e. The Balaban J connectivity index is 2.36. The molecule has 2 aromatic heterocycles. The molecule has 0 aliphatic carbocycles. The van der Waals surface area contributed by atoms with Crippen molar-refractivity contribution in [2.75, 3.05) is 6.61 Å². The van der Waals surface area contributed by atoms with Crippen molar-refractivity contribution in [3.8, 4) is 0 Å². The van der Waals surface area contributed by atoms with E-state index in [0.29, 0.717) is 29.4 Å². The molecule has 74 valence electrons. The maximum absolute atomic E-state index is 11.3. The van der Waals surface area contributed by atoms with Crippen LogP contribution in [-0.2, 0) is 4.74 Å². The number of esters is 1. The van der Waals surface area contributed by atoms with Gasteiger partial charge in [-0.15, -0.1) is 0 Å². The van der Waals surface area contributed by atoms with E-state index in [1.807, 2.05) is 0 Å². The number of oxazole rings is 1. The van der Waals surface area contributed by atoms with E-state index in [9.17, 15) is 4.79 Å². The second-order valence-corrected chi connectivity index (χ2v) is 2.85. The molecule has 0 bridgehead atoms. The van der Waals surface area contributed by atoms with Gasteiger partial charge in [0.25, 0.3) is 0 Å². The summed E-state index contributed by atoms with van der Waals surface area (Å²) in [5, 5.41) is 0. The molecule has 0 unspecified atom stereocenters. The zero-order valence-electron chi connectivity index (χ0n) is 7.96. The quantitative estimate of drug-likeness (QED) is 0.738. The Morgan fingerprint density at radius 2 is 2.50 bits per heavy atom. The van der Waals surface area contributed by atoms with E-state index in [4.69, 9.17) is 9.15 Å². The highest BCUT2D eigenvalue weighted by Gasteiger charge is 2.13. The van der Waals surface area contributed by atoms with Gasteiger partial charge in [0, 0.05) is 13.0 Å². The van der Waals surface area contributed by atoms with Gasteiger partial charge in [0.1, 0.15) is 5.69 Å². The molecule has 2 rings (SSSR count). The van der Waals surface area contributed by atoms with E-state index in [-0.39, 0.29) is 0 Å². The van der Waals surface area contributed by atoms with Gasteiger partial charge in [0.15, 0.2) is 17.1 Å². The highest BCUT2D eigenvalue weighted by Crippen LogP contribution is 2.16. The first kappa shape index (κ1) is 8.80. The highest BCUT2D eigenvalue weighted by molar-refractivity contribution is 5.92. The molecule has 14 heavy (non-hydrogen) atoms. The topological polar surface area (TPSA) is 68.1 Å². The van der Waals surface area contributed by atoms with Crippen molar-refractivity contribution >= 4 is 17.2 Å². The van der Waals surface area contributed by atoms with Crippen LogP contribution in [0.2, 0.25) is 0 Å². The van der Waals surface area contributed by atoms with Gasteiger partial charge in [-0.25, -0.2) is 4.79 Å². The number of nitrogens with one attached hydrogen (secondary N) is 1. The van der Waals surface area contributed by atoms with E-state index in [2.05, 4.69) is 9.97 Å². The van der Waals surface area contributed by atoms with Crippen LogP contribution in [0.25, 0.3) is 11.2 Å². The van der Waals surface area contributed by atoms with Crippen LogP contribution in [0.1, 0.15) is 23.3 Å². The van der Waals surface area contributed by atoms with Crippen molar-refractivity contribution in [2.24, 2.45) is 0 Å². The summed E-state index contributed by atoms with van der Waals surface area (Å²) in [6.07, 6.45) is 0. The van der Waals surface area contributed by atoms with Crippen LogP contribution < -0.4 is 0 Å². The van der Waals surface area contributed by atoms with Gasteiger partial charge >= 0.3 is 5.97 Å². The Bertz CT molecular complexity index is 438. The SMILES string of the molecule is CCOC(=O)c1cc2oc(C)nc2[nH]1. The first-order valence-electron chi connectivity index (χ1n) is 4.34. The van der Waals surface area contributed by atoms with Gasteiger partial charge in [-0.2, -0.15) is 4.98 Å². The largest absolute Gasteiger partial charge is 0.461 e. The minimum absolute atomic E-state index is 0.353. The molecule has 0 atom stereocenters. The third-order valence-electron chi connectivity index (χ3n) is 1.78. The number of H-pyrrole nitrogens is 1. The standard InChI is InChI=1S/C9H10N2O3/c1-3-13-9(12)6-4-7-8(11-6)10-5(2)14-7/h4,11H,3H2,1-2H3. The van der Waals surface area contributed by atoms with Crippen molar-refractivity contribution in [1.29, 1.82) is 0 Å². The molecule has 0 amide bonds. The summed E-state index contributed by atoms with van der Waals surface area (Å²) in [7, 11) is 0. The predicted octanol–water partition coefficient (Wildman–Crippen LogP) is 1.64.